The van der Waals surface area contributed by atoms with Gasteiger partial charge in [0, 0.05) is 5.02 Å². The smallest absolute Gasteiger partial charge is 0.415 e. The molecule has 0 amide bonds. The maximum absolute atomic E-state index is 10.9. The second-order valence-electron chi connectivity index (χ2n) is 2.47. The van der Waals surface area contributed by atoms with Crippen molar-refractivity contribution >= 4 is 29.4 Å². The summed E-state index contributed by atoms with van der Waals surface area (Å²) >= 11 is 11.1. The lowest BCUT2D eigenvalue weighted by Crippen LogP contribution is -2.14. The van der Waals surface area contributed by atoms with Gasteiger partial charge in [0.2, 0.25) is 0 Å². The molecule has 0 unspecified atom stereocenters. The average molecular weight is 235 g/mol. The van der Waals surface area contributed by atoms with Gasteiger partial charge < -0.3 is 9.47 Å². The first-order valence-electron chi connectivity index (χ1n) is 3.86. The number of hydrogen-bond acceptors (Lipinski definition) is 3. The Hall–Kier alpha value is -0.930. The molecule has 0 spiro atoms. The molecule has 1 aromatic carbocycles. The van der Waals surface area contributed by atoms with E-state index in [0.29, 0.717) is 10.8 Å². The highest BCUT2D eigenvalue weighted by molar-refractivity contribution is 6.30. The highest BCUT2D eigenvalue weighted by Crippen LogP contribution is 2.16. The van der Waals surface area contributed by atoms with Crippen LogP contribution in [0, 0.1) is 0 Å². The summed E-state index contributed by atoms with van der Waals surface area (Å²) in [6.45, 7) is 1.52. The standard InChI is InChI=1S/C9H8Cl2O3/c1-6(10)13-9(12)14-8-4-2-7(11)3-5-8/h2-6H,1H3/t6-/m1/s1. The Kier molecular flexibility index (Phi) is 4.04. The predicted molar refractivity (Wildman–Crippen MR) is 53.9 cm³/mol. The molecule has 0 aliphatic heterocycles. The van der Waals surface area contributed by atoms with Crippen molar-refractivity contribution in [1.82, 2.24) is 0 Å². The van der Waals surface area contributed by atoms with E-state index >= 15 is 0 Å². The number of halogens is 2. The second-order valence-corrected chi connectivity index (χ2v) is 3.52. The van der Waals surface area contributed by atoms with Crippen LogP contribution in [0.3, 0.4) is 0 Å². The minimum absolute atomic E-state index is 0.358. The highest BCUT2D eigenvalue weighted by atomic mass is 35.5. The van der Waals surface area contributed by atoms with Crippen LogP contribution < -0.4 is 4.74 Å². The maximum Gasteiger partial charge on any atom is 0.515 e. The first-order chi connectivity index (χ1) is 6.58. The van der Waals surface area contributed by atoms with Gasteiger partial charge in [0.25, 0.3) is 0 Å². The largest absolute Gasteiger partial charge is 0.515 e. The Labute approximate surface area is 91.5 Å². The molecule has 0 N–H and O–H groups in total. The molecule has 0 fully saturated rings. The van der Waals surface area contributed by atoms with E-state index < -0.39 is 11.7 Å². The van der Waals surface area contributed by atoms with Gasteiger partial charge in [0.15, 0.2) is 5.56 Å². The topological polar surface area (TPSA) is 35.5 Å². The Morgan fingerprint density at radius 3 is 2.43 bits per heavy atom. The first-order valence-corrected chi connectivity index (χ1v) is 4.67. The minimum atomic E-state index is -0.838. The number of hydrogen-bond donors (Lipinski definition) is 0. The number of rotatable bonds is 2. The molecule has 3 nitrogen and oxygen atoms in total. The fraction of sp³-hybridized carbons (Fsp3) is 0.222. The normalized spacial score (nSPS) is 11.9. The summed E-state index contributed by atoms with van der Waals surface area (Å²) in [7, 11) is 0. The third kappa shape index (κ3) is 3.85. The van der Waals surface area contributed by atoms with Crippen molar-refractivity contribution in [2.75, 3.05) is 0 Å². The zero-order chi connectivity index (χ0) is 10.6. The lowest BCUT2D eigenvalue weighted by atomic mass is 10.3. The molecular weight excluding hydrogens is 227 g/mol. The molecule has 0 saturated carbocycles. The van der Waals surface area contributed by atoms with Gasteiger partial charge in [-0.25, -0.2) is 4.79 Å². The summed E-state index contributed by atoms with van der Waals surface area (Å²) in [4.78, 5) is 10.9. The number of benzene rings is 1. The van der Waals surface area contributed by atoms with Crippen molar-refractivity contribution in [3.8, 4) is 5.75 Å². The minimum Gasteiger partial charge on any atom is -0.415 e. The van der Waals surface area contributed by atoms with E-state index in [0.717, 1.165) is 0 Å². The van der Waals surface area contributed by atoms with Gasteiger partial charge in [-0.05, 0) is 31.2 Å². The monoisotopic (exact) mass is 234 g/mol. The van der Waals surface area contributed by atoms with Crippen LogP contribution in [-0.4, -0.2) is 11.7 Å². The molecule has 1 aromatic rings. The third-order valence-electron chi connectivity index (χ3n) is 1.27. The maximum atomic E-state index is 10.9. The van der Waals surface area contributed by atoms with E-state index in [9.17, 15) is 4.79 Å². The molecule has 5 heteroatoms. The van der Waals surface area contributed by atoms with Gasteiger partial charge in [0.1, 0.15) is 5.75 Å². The summed E-state index contributed by atoms with van der Waals surface area (Å²) < 4.78 is 9.33. The SMILES string of the molecule is C[C@H](Cl)OC(=O)Oc1ccc(Cl)cc1. The number of carbonyl (C=O) groups excluding carboxylic acids is 1. The predicted octanol–water partition coefficient (Wildman–Crippen LogP) is 3.44. The van der Waals surface area contributed by atoms with Crippen LogP contribution in [-0.2, 0) is 4.74 Å². The quantitative estimate of drug-likeness (QED) is 0.447. The first kappa shape index (κ1) is 11.1. The number of carbonyl (C=O) groups is 1. The fourth-order valence-corrected chi connectivity index (χ4v) is 0.954. The Balaban J connectivity index is 2.52. The van der Waals surface area contributed by atoms with Crippen molar-refractivity contribution in [2.45, 2.75) is 12.5 Å². The zero-order valence-electron chi connectivity index (χ0n) is 7.37. The van der Waals surface area contributed by atoms with Crippen molar-refractivity contribution in [3.63, 3.8) is 0 Å². The van der Waals surface area contributed by atoms with E-state index in [4.69, 9.17) is 27.9 Å². The molecule has 0 heterocycles. The molecule has 0 saturated heterocycles. The third-order valence-corrected chi connectivity index (χ3v) is 1.61. The van der Waals surface area contributed by atoms with Crippen LogP contribution in [0.4, 0.5) is 4.79 Å². The van der Waals surface area contributed by atoms with E-state index in [1.165, 1.54) is 6.92 Å². The molecule has 0 aliphatic carbocycles. The van der Waals surface area contributed by atoms with Gasteiger partial charge in [0.05, 0.1) is 0 Å². The Morgan fingerprint density at radius 2 is 1.93 bits per heavy atom. The Bertz CT molecular complexity index is 308. The molecular formula is C9H8Cl2O3. The van der Waals surface area contributed by atoms with Crippen LogP contribution in [0.25, 0.3) is 0 Å². The zero-order valence-corrected chi connectivity index (χ0v) is 8.88. The van der Waals surface area contributed by atoms with Crippen LogP contribution in [0.15, 0.2) is 24.3 Å². The van der Waals surface area contributed by atoms with E-state index in [2.05, 4.69) is 4.74 Å². The van der Waals surface area contributed by atoms with Gasteiger partial charge in [-0.3, -0.25) is 0 Å². The van der Waals surface area contributed by atoms with Crippen LogP contribution in [0.2, 0.25) is 5.02 Å². The lowest BCUT2D eigenvalue weighted by molar-refractivity contribution is 0.0924. The molecule has 0 bridgehead atoms. The van der Waals surface area contributed by atoms with Crippen molar-refractivity contribution in [1.29, 1.82) is 0 Å². The average Bonchev–Trinajstić information content (AvgIpc) is 2.07. The second kappa shape index (κ2) is 5.08. The molecule has 1 rings (SSSR count). The summed E-state index contributed by atoms with van der Waals surface area (Å²) in [5, 5.41) is 0.566. The molecule has 76 valence electrons. The van der Waals surface area contributed by atoms with E-state index in [1.807, 2.05) is 0 Å². The van der Waals surface area contributed by atoms with Gasteiger partial charge in [-0.2, -0.15) is 0 Å². The summed E-state index contributed by atoms with van der Waals surface area (Å²) in [6, 6.07) is 6.33. The van der Waals surface area contributed by atoms with Crippen LogP contribution in [0.5, 0.6) is 5.75 Å². The van der Waals surface area contributed by atoms with Crippen LogP contribution >= 0.6 is 23.2 Å². The van der Waals surface area contributed by atoms with Crippen molar-refractivity contribution in [3.05, 3.63) is 29.3 Å². The summed E-state index contributed by atoms with van der Waals surface area (Å²) in [5.41, 5.74) is -0.713. The molecule has 14 heavy (non-hydrogen) atoms. The van der Waals surface area contributed by atoms with E-state index in [-0.39, 0.29) is 0 Å². The molecule has 0 aromatic heterocycles. The van der Waals surface area contributed by atoms with Gasteiger partial charge >= 0.3 is 6.16 Å². The summed E-state index contributed by atoms with van der Waals surface area (Å²) in [6.07, 6.45) is -0.838. The lowest BCUT2D eigenvalue weighted by Gasteiger charge is -2.06. The van der Waals surface area contributed by atoms with Gasteiger partial charge in [-0.15, -0.1) is 0 Å². The number of ether oxygens (including phenoxy) is 2. The van der Waals surface area contributed by atoms with Gasteiger partial charge in [-0.1, -0.05) is 23.2 Å². The van der Waals surface area contributed by atoms with Crippen molar-refractivity contribution in [2.24, 2.45) is 0 Å². The van der Waals surface area contributed by atoms with Crippen LogP contribution in [0.1, 0.15) is 6.92 Å². The van der Waals surface area contributed by atoms with E-state index in [1.54, 1.807) is 24.3 Å². The number of alkyl halides is 1. The summed E-state index contributed by atoms with van der Waals surface area (Å²) in [5.74, 6) is 0.358. The fourth-order valence-electron chi connectivity index (χ4n) is 0.756. The Morgan fingerprint density at radius 1 is 1.36 bits per heavy atom. The molecule has 1 atom stereocenters. The molecule has 0 aliphatic rings. The molecule has 0 radical (unpaired) electrons. The highest BCUT2D eigenvalue weighted by Gasteiger charge is 2.08. The van der Waals surface area contributed by atoms with Crippen molar-refractivity contribution < 1.29 is 14.3 Å².